The van der Waals surface area contributed by atoms with Gasteiger partial charge in [0, 0.05) is 17.8 Å². The fourth-order valence-electron chi connectivity index (χ4n) is 4.47. The molecule has 200 valence electrons. The summed E-state index contributed by atoms with van der Waals surface area (Å²) in [6.45, 7) is 7.38. The zero-order valence-corrected chi connectivity index (χ0v) is 22.7. The predicted molar refractivity (Wildman–Crippen MR) is 141 cm³/mol. The Kier molecular flexibility index (Phi) is 8.19. The van der Waals surface area contributed by atoms with Gasteiger partial charge in [-0.05, 0) is 85.7 Å². The van der Waals surface area contributed by atoms with Crippen LogP contribution in [0.2, 0.25) is 0 Å². The van der Waals surface area contributed by atoms with Gasteiger partial charge >= 0.3 is 0 Å². The third-order valence-corrected chi connectivity index (χ3v) is 11.1. The Labute approximate surface area is 215 Å². The molecule has 2 aromatic rings. The standard InChI is InChI=1S/C28H39F2NO4S/c1-28(2,3)36(4,5)35-27(26-11-7-19-15-21(30)9-13-24(19)34-26)17-31-16-22(32)25-10-6-18-14-20(29)8-12-23(18)33-25/h8-9,12-15,22,25-27,31-32H,6-7,10-11,16-17H2,1-5H3. The molecule has 0 aliphatic carbocycles. The van der Waals surface area contributed by atoms with E-state index in [1.165, 1.54) is 24.3 Å². The lowest BCUT2D eigenvalue weighted by Crippen LogP contribution is -2.48. The molecule has 4 rings (SSSR count). The second kappa shape index (κ2) is 10.9. The Morgan fingerprint density at radius 1 is 0.944 bits per heavy atom. The lowest BCUT2D eigenvalue weighted by molar-refractivity contribution is 0.0171. The average Bonchev–Trinajstić information content (AvgIpc) is 2.81. The molecule has 0 amide bonds. The Morgan fingerprint density at radius 2 is 1.47 bits per heavy atom. The van der Waals surface area contributed by atoms with Crippen molar-refractivity contribution in [1.29, 1.82) is 0 Å². The fraction of sp³-hybridized carbons (Fsp3) is 0.571. The van der Waals surface area contributed by atoms with Gasteiger partial charge in [-0.25, -0.2) is 8.78 Å². The summed E-state index contributed by atoms with van der Waals surface area (Å²) in [5.41, 5.74) is 1.72. The van der Waals surface area contributed by atoms with Gasteiger partial charge in [0.25, 0.3) is 0 Å². The van der Waals surface area contributed by atoms with Crippen molar-refractivity contribution < 1.29 is 27.5 Å². The summed E-state index contributed by atoms with van der Waals surface area (Å²) in [5, 5.41) is 14.2. The van der Waals surface area contributed by atoms with Crippen LogP contribution in [0.1, 0.15) is 44.7 Å². The monoisotopic (exact) mass is 523 g/mol. The Hall–Kier alpha value is -1.87. The van der Waals surface area contributed by atoms with Gasteiger partial charge in [-0.3, -0.25) is 0 Å². The van der Waals surface area contributed by atoms with Crippen LogP contribution in [-0.2, 0) is 17.0 Å². The number of aryl methyl sites for hydroxylation is 2. The smallest absolute Gasteiger partial charge is 0.128 e. The number of hydrogen-bond donors (Lipinski definition) is 2. The maximum absolute atomic E-state index is 13.7. The molecule has 0 saturated heterocycles. The summed E-state index contributed by atoms with van der Waals surface area (Å²) in [6, 6.07) is 9.15. The molecule has 5 nitrogen and oxygen atoms in total. The molecular formula is C28H39F2NO4S. The van der Waals surface area contributed by atoms with Crippen LogP contribution >= 0.6 is 10.3 Å². The molecule has 2 aromatic carbocycles. The highest BCUT2D eigenvalue weighted by Gasteiger charge is 2.37. The summed E-state index contributed by atoms with van der Waals surface area (Å²) in [5.74, 6) is 0.807. The van der Waals surface area contributed by atoms with Gasteiger partial charge < -0.3 is 24.1 Å². The molecule has 0 aromatic heterocycles. The van der Waals surface area contributed by atoms with E-state index in [1.807, 2.05) is 0 Å². The van der Waals surface area contributed by atoms with Gasteiger partial charge in [-0.15, -0.1) is 10.3 Å². The van der Waals surface area contributed by atoms with Crippen LogP contribution < -0.4 is 14.8 Å². The minimum Gasteiger partial charge on any atom is -0.487 e. The van der Waals surface area contributed by atoms with Crippen LogP contribution in [0.25, 0.3) is 0 Å². The molecule has 2 aliphatic rings. The maximum atomic E-state index is 13.7. The van der Waals surface area contributed by atoms with Crippen LogP contribution in [0.4, 0.5) is 8.78 Å². The van der Waals surface area contributed by atoms with E-state index < -0.39 is 16.4 Å². The Bertz CT molecular complexity index is 1060. The molecule has 0 radical (unpaired) electrons. The average molecular weight is 524 g/mol. The van der Waals surface area contributed by atoms with E-state index in [0.29, 0.717) is 37.4 Å². The van der Waals surface area contributed by atoms with Crippen molar-refractivity contribution in [2.24, 2.45) is 0 Å². The zero-order valence-electron chi connectivity index (χ0n) is 21.9. The third kappa shape index (κ3) is 6.33. The second-order valence-electron chi connectivity index (χ2n) is 11.1. The summed E-state index contributed by atoms with van der Waals surface area (Å²) < 4.78 is 46.1. The molecular weight excluding hydrogens is 484 g/mol. The molecule has 2 aliphatic heterocycles. The number of halogens is 2. The summed E-state index contributed by atoms with van der Waals surface area (Å²) in [4.78, 5) is 0. The number of fused-ring (bicyclic) bond motifs is 2. The fourth-order valence-corrected chi connectivity index (χ4v) is 5.57. The first-order chi connectivity index (χ1) is 16.9. The topological polar surface area (TPSA) is 60.0 Å². The Balaban J connectivity index is 1.39. The number of benzene rings is 2. The number of ether oxygens (including phenoxy) is 2. The second-order valence-corrected chi connectivity index (χ2v) is 15.0. The number of rotatable bonds is 8. The van der Waals surface area contributed by atoms with E-state index in [9.17, 15) is 13.9 Å². The lowest BCUT2D eigenvalue weighted by atomic mass is 9.98. The molecule has 4 unspecified atom stereocenters. The van der Waals surface area contributed by atoms with Gasteiger partial charge in [0.1, 0.15) is 47.5 Å². The van der Waals surface area contributed by atoms with E-state index in [0.717, 1.165) is 24.0 Å². The van der Waals surface area contributed by atoms with Gasteiger partial charge in [-0.2, -0.15) is 0 Å². The van der Waals surface area contributed by atoms with Crippen molar-refractivity contribution in [3.63, 3.8) is 0 Å². The van der Waals surface area contributed by atoms with Gasteiger partial charge in [0.15, 0.2) is 0 Å². The van der Waals surface area contributed by atoms with Crippen molar-refractivity contribution in [1.82, 2.24) is 5.32 Å². The number of nitrogens with one attached hydrogen (secondary N) is 1. The summed E-state index contributed by atoms with van der Waals surface area (Å²) >= 11 is 0. The first kappa shape index (κ1) is 27.2. The van der Waals surface area contributed by atoms with E-state index in [-0.39, 0.29) is 34.7 Å². The molecule has 0 spiro atoms. The highest BCUT2D eigenvalue weighted by Crippen LogP contribution is 2.55. The molecule has 8 heteroatoms. The predicted octanol–water partition coefficient (Wildman–Crippen LogP) is 5.17. The maximum Gasteiger partial charge on any atom is 0.128 e. The van der Waals surface area contributed by atoms with Crippen LogP contribution in [0.3, 0.4) is 0 Å². The van der Waals surface area contributed by atoms with Crippen LogP contribution in [-0.4, -0.2) is 59.9 Å². The van der Waals surface area contributed by atoms with Crippen LogP contribution in [0.15, 0.2) is 36.4 Å². The van der Waals surface area contributed by atoms with Crippen molar-refractivity contribution in [3.8, 4) is 11.5 Å². The zero-order chi connectivity index (χ0) is 26.1. The number of hydrogen-bond acceptors (Lipinski definition) is 5. The van der Waals surface area contributed by atoms with Crippen LogP contribution in [0.5, 0.6) is 11.5 Å². The van der Waals surface area contributed by atoms with E-state index in [1.54, 1.807) is 12.1 Å². The Morgan fingerprint density at radius 3 is 2.03 bits per heavy atom. The molecule has 2 heterocycles. The SMILES string of the molecule is CC(C)(C)S(C)(C)OC(CNCC(O)C1CCc2cc(F)ccc2O1)C1CCc2cc(F)ccc2O1. The van der Waals surface area contributed by atoms with E-state index in [4.69, 9.17) is 13.7 Å². The highest BCUT2D eigenvalue weighted by atomic mass is 32.3. The lowest BCUT2D eigenvalue weighted by Gasteiger charge is -2.47. The third-order valence-electron chi connectivity index (χ3n) is 7.38. The molecule has 4 atom stereocenters. The molecule has 0 bridgehead atoms. The van der Waals surface area contributed by atoms with Crippen molar-refractivity contribution in [2.75, 3.05) is 25.6 Å². The quantitative estimate of drug-likeness (QED) is 0.500. The normalized spacial score (nSPS) is 22.0. The number of aliphatic hydroxyl groups is 1. The van der Waals surface area contributed by atoms with Gasteiger partial charge in [-0.1, -0.05) is 20.8 Å². The van der Waals surface area contributed by atoms with E-state index >= 15 is 0 Å². The first-order valence-electron chi connectivity index (χ1n) is 12.6. The van der Waals surface area contributed by atoms with Crippen molar-refractivity contribution in [2.45, 2.75) is 75.6 Å². The van der Waals surface area contributed by atoms with Crippen LogP contribution in [0, 0.1) is 11.6 Å². The summed E-state index contributed by atoms with van der Waals surface area (Å²) in [6.07, 6.45) is 5.56. The minimum atomic E-state index is -1.44. The molecule has 2 N–H and O–H groups in total. The summed E-state index contributed by atoms with van der Waals surface area (Å²) in [7, 11) is -1.44. The minimum absolute atomic E-state index is 0.0245. The number of aliphatic hydroxyl groups excluding tert-OH is 1. The molecule has 0 fully saturated rings. The van der Waals surface area contributed by atoms with Gasteiger partial charge in [0.05, 0.1) is 0 Å². The molecule has 0 saturated carbocycles. The molecule has 36 heavy (non-hydrogen) atoms. The van der Waals surface area contributed by atoms with E-state index in [2.05, 4.69) is 38.6 Å². The van der Waals surface area contributed by atoms with Crippen molar-refractivity contribution >= 4 is 10.3 Å². The highest BCUT2D eigenvalue weighted by molar-refractivity contribution is 8.29. The van der Waals surface area contributed by atoms with Crippen molar-refractivity contribution in [3.05, 3.63) is 59.2 Å². The largest absolute Gasteiger partial charge is 0.487 e. The van der Waals surface area contributed by atoms with Gasteiger partial charge in [0.2, 0.25) is 0 Å². The first-order valence-corrected chi connectivity index (χ1v) is 15.0.